The van der Waals surface area contributed by atoms with Gasteiger partial charge in [-0.1, -0.05) is 49.7 Å². The van der Waals surface area contributed by atoms with E-state index in [1.54, 1.807) is 11.8 Å². The fourth-order valence-corrected chi connectivity index (χ4v) is 3.58. The Bertz CT molecular complexity index is 550. The number of tetrazole rings is 1. The van der Waals surface area contributed by atoms with Crippen LogP contribution >= 0.6 is 11.8 Å². The van der Waals surface area contributed by atoms with Crippen LogP contribution in [0.3, 0.4) is 0 Å². The number of rotatable bonds is 6. The lowest BCUT2D eigenvalue weighted by atomic mass is 10.3. The molecule has 0 radical (unpaired) electrons. The minimum absolute atomic E-state index is 0.413. The monoisotopic (exact) mass is 303 g/mol. The molecule has 6 heteroatoms. The largest absolute Gasteiger partial charge is 0.384 e. The van der Waals surface area contributed by atoms with E-state index < -0.39 is 0 Å². The standard InChI is InChI=1S/C15H21N5S/c1-12(11-16-13-7-3-2-4-8-13)21-15-17-18-19-20(15)14-9-5-6-10-14/h2-4,7-8,12,14,16H,5-6,9-11H2,1H3. The highest BCUT2D eigenvalue weighted by atomic mass is 32.2. The zero-order valence-electron chi connectivity index (χ0n) is 12.3. The van der Waals surface area contributed by atoms with Crippen LogP contribution in [0, 0.1) is 0 Å². The minimum Gasteiger partial charge on any atom is -0.384 e. The molecule has 1 unspecified atom stereocenters. The van der Waals surface area contributed by atoms with E-state index in [4.69, 9.17) is 0 Å². The first kappa shape index (κ1) is 14.4. The molecule has 21 heavy (non-hydrogen) atoms. The Balaban J connectivity index is 1.55. The Morgan fingerprint density at radius 2 is 2.05 bits per heavy atom. The molecule has 0 saturated heterocycles. The molecule has 1 aromatic carbocycles. The highest BCUT2D eigenvalue weighted by Gasteiger charge is 2.22. The maximum Gasteiger partial charge on any atom is 0.209 e. The van der Waals surface area contributed by atoms with Gasteiger partial charge in [0.05, 0.1) is 6.04 Å². The SMILES string of the molecule is CC(CNc1ccccc1)Sc1nnnn1C1CCCC1. The van der Waals surface area contributed by atoms with Gasteiger partial charge in [0.1, 0.15) is 0 Å². The van der Waals surface area contributed by atoms with Crippen molar-refractivity contribution in [1.82, 2.24) is 20.2 Å². The third-order valence-electron chi connectivity index (χ3n) is 3.81. The van der Waals surface area contributed by atoms with Crippen LogP contribution in [-0.4, -0.2) is 32.0 Å². The molecule has 5 nitrogen and oxygen atoms in total. The summed E-state index contributed by atoms with van der Waals surface area (Å²) in [6.45, 7) is 3.10. The van der Waals surface area contributed by atoms with Gasteiger partial charge in [0, 0.05) is 17.5 Å². The Morgan fingerprint density at radius 3 is 2.81 bits per heavy atom. The van der Waals surface area contributed by atoms with Gasteiger partial charge >= 0.3 is 0 Å². The van der Waals surface area contributed by atoms with Crippen molar-refractivity contribution in [3.05, 3.63) is 30.3 Å². The van der Waals surface area contributed by atoms with Gasteiger partial charge in [-0.15, -0.1) is 5.10 Å². The summed E-state index contributed by atoms with van der Waals surface area (Å²) in [7, 11) is 0. The summed E-state index contributed by atoms with van der Waals surface area (Å²) in [6, 6.07) is 10.8. The van der Waals surface area contributed by atoms with Gasteiger partial charge in [0.25, 0.3) is 0 Å². The van der Waals surface area contributed by atoms with Crippen molar-refractivity contribution in [2.75, 3.05) is 11.9 Å². The average molecular weight is 303 g/mol. The summed E-state index contributed by atoms with van der Waals surface area (Å²) in [5.41, 5.74) is 1.15. The smallest absolute Gasteiger partial charge is 0.209 e. The molecule has 1 aromatic heterocycles. The molecule has 0 bridgehead atoms. The number of aromatic nitrogens is 4. The van der Waals surface area contributed by atoms with Gasteiger partial charge in [0.2, 0.25) is 5.16 Å². The second-order valence-electron chi connectivity index (χ2n) is 5.52. The van der Waals surface area contributed by atoms with Crippen LogP contribution < -0.4 is 5.32 Å². The normalized spacial score (nSPS) is 17.0. The molecular formula is C15H21N5S. The molecule has 0 amide bonds. The van der Waals surface area contributed by atoms with Gasteiger partial charge in [-0.2, -0.15) is 0 Å². The maximum atomic E-state index is 4.19. The van der Waals surface area contributed by atoms with Gasteiger partial charge in [0.15, 0.2) is 0 Å². The molecule has 0 aliphatic heterocycles. The van der Waals surface area contributed by atoms with Gasteiger partial charge in [-0.25, -0.2) is 4.68 Å². The molecule has 1 aliphatic rings. The number of para-hydroxylation sites is 1. The lowest BCUT2D eigenvalue weighted by molar-refractivity contribution is 0.423. The number of nitrogens with zero attached hydrogens (tertiary/aromatic N) is 4. The molecule has 1 heterocycles. The Morgan fingerprint density at radius 1 is 1.29 bits per heavy atom. The summed E-state index contributed by atoms with van der Waals surface area (Å²) < 4.78 is 2.02. The molecule has 1 saturated carbocycles. The van der Waals surface area contributed by atoms with Gasteiger partial charge in [-0.05, 0) is 35.4 Å². The number of nitrogens with one attached hydrogen (secondary N) is 1. The molecule has 1 aliphatic carbocycles. The van der Waals surface area contributed by atoms with E-state index in [9.17, 15) is 0 Å². The fraction of sp³-hybridized carbons (Fsp3) is 0.533. The predicted octanol–water partition coefficient (Wildman–Crippen LogP) is 3.38. The van der Waals surface area contributed by atoms with Crippen LogP contribution in [0.15, 0.2) is 35.5 Å². The summed E-state index contributed by atoms with van der Waals surface area (Å²) in [4.78, 5) is 0. The van der Waals surface area contributed by atoms with Gasteiger partial charge < -0.3 is 5.32 Å². The summed E-state index contributed by atoms with van der Waals surface area (Å²) in [5, 5.41) is 17.0. The Labute approximate surface area is 129 Å². The predicted molar refractivity (Wildman–Crippen MR) is 85.6 cm³/mol. The molecule has 112 valence electrons. The molecule has 3 rings (SSSR count). The van der Waals surface area contributed by atoms with Crippen LogP contribution in [0.5, 0.6) is 0 Å². The van der Waals surface area contributed by atoms with E-state index in [1.165, 1.54) is 25.7 Å². The van der Waals surface area contributed by atoms with Crippen LogP contribution in [-0.2, 0) is 0 Å². The van der Waals surface area contributed by atoms with Crippen molar-refractivity contribution in [3.8, 4) is 0 Å². The van der Waals surface area contributed by atoms with E-state index in [0.29, 0.717) is 11.3 Å². The van der Waals surface area contributed by atoms with Crippen LogP contribution in [0.1, 0.15) is 38.6 Å². The summed E-state index contributed by atoms with van der Waals surface area (Å²) in [5.74, 6) is 0. The number of hydrogen-bond donors (Lipinski definition) is 1. The van der Waals surface area contributed by atoms with E-state index in [0.717, 1.165) is 17.4 Å². The average Bonchev–Trinajstić information content (AvgIpc) is 3.17. The summed E-state index contributed by atoms with van der Waals surface area (Å²) >= 11 is 1.75. The topological polar surface area (TPSA) is 55.6 Å². The second-order valence-corrected chi connectivity index (χ2v) is 6.93. The lowest BCUT2D eigenvalue weighted by Gasteiger charge is -2.15. The zero-order valence-corrected chi connectivity index (χ0v) is 13.1. The molecular weight excluding hydrogens is 282 g/mol. The zero-order chi connectivity index (χ0) is 14.5. The van der Waals surface area contributed by atoms with E-state index >= 15 is 0 Å². The second kappa shape index (κ2) is 6.93. The van der Waals surface area contributed by atoms with E-state index in [-0.39, 0.29) is 0 Å². The Kier molecular flexibility index (Phi) is 4.75. The van der Waals surface area contributed by atoms with Crippen molar-refractivity contribution < 1.29 is 0 Å². The lowest BCUT2D eigenvalue weighted by Crippen LogP contribution is -2.15. The van der Waals surface area contributed by atoms with E-state index in [2.05, 4.69) is 39.9 Å². The van der Waals surface area contributed by atoms with Crippen LogP contribution in [0.4, 0.5) is 5.69 Å². The quantitative estimate of drug-likeness (QED) is 0.829. The Hall–Kier alpha value is -1.56. The fourth-order valence-electron chi connectivity index (χ4n) is 2.68. The van der Waals surface area contributed by atoms with Gasteiger partial charge in [-0.3, -0.25) is 0 Å². The van der Waals surface area contributed by atoms with Crippen molar-refractivity contribution in [1.29, 1.82) is 0 Å². The molecule has 1 atom stereocenters. The van der Waals surface area contributed by atoms with Crippen molar-refractivity contribution in [3.63, 3.8) is 0 Å². The molecule has 1 fully saturated rings. The number of thioether (sulfide) groups is 1. The van der Waals surface area contributed by atoms with Crippen molar-refractivity contribution in [2.45, 2.75) is 49.1 Å². The first-order valence-electron chi connectivity index (χ1n) is 7.56. The number of hydrogen-bond acceptors (Lipinski definition) is 5. The summed E-state index contributed by atoms with van der Waals surface area (Å²) in [6.07, 6.45) is 4.99. The van der Waals surface area contributed by atoms with E-state index in [1.807, 2.05) is 22.9 Å². The minimum atomic E-state index is 0.413. The maximum absolute atomic E-state index is 4.19. The highest BCUT2D eigenvalue weighted by Crippen LogP contribution is 2.32. The first-order valence-corrected chi connectivity index (χ1v) is 8.44. The third-order valence-corrected chi connectivity index (χ3v) is 4.86. The molecule has 1 N–H and O–H groups in total. The number of anilines is 1. The van der Waals surface area contributed by atoms with Crippen molar-refractivity contribution >= 4 is 17.4 Å². The van der Waals surface area contributed by atoms with Crippen molar-refractivity contribution in [2.24, 2.45) is 0 Å². The van der Waals surface area contributed by atoms with Crippen LogP contribution in [0.25, 0.3) is 0 Å². The first-order chi connectivity index (χ1) is 10.3. The third kappa shape index (κ3) is 3.75. The number of benzene rings is 1. The molecule has 0 spiro atoms. The molecule has 2 aromatic rings. The van der Waals surface area contributed by atoms with Crippen LogP contribution in [0.2, 0.25) is 0 Å². The highest BCUT2D eigenvalue weighted by molar-refractivity contribution is 7.99.